The van der Waals surface area contributed by atoms with Crippen LogP contribution < -0.4 is 0 Å². The fraction of sp³-hybridized carbons (Fsp3) is 0.455. The molecular formula is C11H16. The molecule has 0 radical (unpaired) electrons. The van der Waals surface area contributed by atoms with Crippen molar-refractivity contribution in [1.82, 2.24) is 0 Å². The van der Waals surface area contributed by atoms with Crippen LogP contribution in [0.3, 0.4) is 0 Å². The van der Waals surface area contributed by atoms with Crippen molar-refractivity contribution in [2.45, 2.75) is 32.9 Å². The molecule has 0 atom stereocenters. The molecule has 0 N–H and O–H groups in total. The first-order valence-corrected chi connectivity index (χ1v) is 3.15. The molecule has 1 rings (SSSR count). The van der Waals surface area contributed by atoms with E-state index in [-0.39, 0.29) is 17.6 Å². The summed E-state index contributed by atoms with van der Waals surface area (Å²) in [6.45, 7) is -8.69. The van der Waals surface area contributed by atoms with Gasteiger partial charge in [0.05, 0.1) is 2.74 Å². The Kier molecular flexibility index (Phi) is 0.472. The summed E-state index contributed by atoms with van der Waals surface area (Å²) >= 11 is 0. The van der Waals surface area contributed by atoms with Gasteiger partial charge in [-0.3, -0.25) is 0 Å². The molecule has 0 fully saturated rings. The molecule has 1 aromatic carbocycles. The van der Waals surface area contributed by atoms with Gasteiger partial charge in [0, 0.05) is 12.3 Å². The summed E-state index contributed by atoms with van der Waals surface area (Å²) in [7, 11) is 0. The van der Waals surface area contributed by atoms with Crippen LogP contribution in [0.5, 0.6) is 0 Å². The van der Waals surface area contributed by atoms with Crippen LogP contribution in [0.1, 0.15) is 46.8 Å². The van der Waals surface area contributed by atoms with Gasteiger partial charge in [0.1, 0.15) is 0 Å². The molecule has 60 valence electrons. The van der Waals surface area contributed by atoms with Gasteiger partial charge in [0.15, 0.2) is 0 Å². The zero-order valence-corrected chi connectivity index (χ0v) is 6.15. The Labute approximate surface area is 84.7 Å². The minimum Gasteiger partial charge on any atom is -0.0590 e. The minimum atomic E-state index is -3.38. The third kappa shape index (κ3) is 2.07. The van der Waals surface area contributed by atoms with Gasteiger partial charge in [-0.1, -0.05) is 50.3 Å². The van der Waals surface area contributed by atoms with Crippen LogP contribution in [0.25, 0.3) is 0 Å². The van der Waals surface area contributed by atoms with Gasteiger partial charge in [-0.2, -0.15) is 0 Å². The number of hydrogen-bond acceptors (Lipinski definition) is 0. The minimum absolute atomic E-state index is 0.208. The van der Waals surface area contributed by atoms with Crippen LogP contribution in [0.4, 0.5) is 0 Å². The highest BCUT2D eigenvalue weighted by Gasteiger charge is 2.11. The van der Waals surface area contributed by atoms with E-state index in [0.29, 0.717) is 0 Å². The Morgan fingerprint density at radius 2 is 1.82 bits per heavy atom. The molecule has 0 unspecified atom stereocenters. The molecular weight excluding hydrogens is 132 g/mol. The van der Waals surface area contributed by atoms with Crippen LogP contribution in [0, 0.1) is 6.92 Å². The van der Waals surface area contributed by atoms with E-state index in [1.165, 1.54) is 6.92 Å². The normalized spacial score (nSPS) is 29.7. The highest BCUT2D eigenvalue weighted by atomic mass is 14.2. The van der Waals surface area contributed by atoms with Crippen molar-refractivity contribution in [3.8, 4) is 0 Å². The van der Waals surface area contributed by atoms with Crippen molar-refractivity contribution in [2.24, 2.45) is 0 Å². The Morgan fingerprint density at radius 3 is 2.27 bits per heavy atom. The second-order valence-electron chi connectivity index (χ2n) is 2.41. The lowest BCUT2D eigenvalue weighted by atomic mass is 9.87. The fourth-order valence-corrected chi connectivity index (χ4v) is 0.672. The third-order valence-corrected chi connectivity index (χ3v) is 1.32. The van der Waals surface area contributed by atoms with Gasteiger partial charge in [-0.15, -0.1) is 0 Å². The van der Waals surface area contributed by atoms with Crippen molar-refractivity contribution in [3.05, 3.63) is 35.3 Å². The lowest BCUT2D eigenvalue weighted by Crippen LogP contribution is -2.10. The van der Waals surface area contributed by atoms with Crippen molar-refractivity contribution in [1.29, 1.82) is 0 Å². The van der Waals surface area contributed by atoms with E-state index >= 15 is 0 Å². The van der Waals surface area contributed by atoms with E-state index in [0.717, 1.165) is 12.1 Å². The first kappa shape index (κ1) is 1.93. The Hall–Kier alpha value is -0.780. The maximum Gasteiger partial charge on any atom is 0.0626 e. The van der Waals surface area contributed by atoms with Crippen molar-refractivity contribution in [2.75, 3.05) is 0 Å². The number of benzene rings is 1. The van der Waals surface area contributed by atoms with E-state index in [1.54, 1.807) is 0 Å². The third-order valence-electron chi connectivity index (χ3n) is 1.32. The summed E-state index contributed by atoms with van der Waals surface area (Å²) < 4.78 is 83.6. The monoisotopic (exact) mass is 159 g/mol. The van der Waals surface area contributed by atoms with E-state index in [2.05, 4.69) is 0 Å². The first-order chi connectivity index (χ1) is 9.57. The van der Waals surface area contributed by atoms with Crippen molar-refractivity contribution in [3.63, 3.8) is 0 Å². The molecule has 0 heteroatoms. The predicted octanol–water partition coefficient (Wildman–Crippen LogP) is 3.29. The van der Waals surface area contributed by atoms with Crippen LogP contribution in [0.15, 0.2) is 24.2 Å². The molecule has 0 nitrogen and oxygen atoms in total. The van der Waals surface area contributed by atoms with E-state index in [1.807, 2.05) is 0 Å². The molecule has 0 heterocycles. The standard InChI is InChI=1S/C11H16/c1-9-5-7-10(8-6-9)11(2,3)4/h5-8H,1-4H3/i2D3,3D3,4D3,5D,6D. The summed E-state index contributed by atoms with van der Waals surface area (Å²) in [5.41, 5.74) is -3.51. The van der Waals surface area contributed by atoms with Gasteiger partial charge in [0.25, 0.3) is 0 Å². The van der Waals surface area contributed by atoms with Crippen LogP contribution in [-0.2, 0) is 5.41 Å². The lowest BCUT2D eigenvalue weighted by Gasteiger charge is -2.18. The smallest absolute Gasteiger partial charge is 0.0590 e. The predicted molar refractivity (Wildman–Crippen MR) is 49.9 cm³/mol. The highest BCUT2D eigenvalue weighted by molar-refractivity contribution is 5.26. The Balaban J connectivity index is 3.96. The lowest BCUT2D eigenvalue weighted by molar-refractivity contribution is 0.590. The largest absolute Gasteiger partial charge is 0.0626 e. The molecule has 0 amide bonds. The molecule has 0 bridgehead atoms. The quantitative estimate of drug-likeness (QED) is 0.545. The van der Waals surface area contributed by atoms with Gasteiger partial charge in [-0.25, -0.2) is 0 Å². The van der Waals surface area contributed by atoms with Gasteiger partial charge in [-0.05, 0) is 17.9 Å². The first-order valence-electron chi connectivity index (χ1n) is 8.65. The molecule has 1 aromatic rings. The molecule has 0 aliphatic heterocycles. The second-order valence-corrected chi connectivity index (χ2v) is 2.41. The molecule has 11 heavy (non-hydrogen) atoms. The second kappa shape index (κ2) is 2.69. The Bertz CT molecular complexity index is 502. The topological polar surface area (TPSA) is 0 Å². The van der Waals surface area contributed by atoms with Crippen molar-refractivity contribution < 1.29 is 15.1 Å². The summed E-state index contributed by atoms with van der Waals surface area (Å²) in [6, 6.07) is 1.28. The molecule has 0 spiro atoms. The SMILES string of the molecule is [2H]c1cc(C(C([2H])([2H])[2H])(C([2H])([2H])[2H])C([2H])([2H])[2H])cc([2H])c1C. The molecule has 0 aliphatic carbocycles. The van der Waals surface area contributed by atoms with Crippen LogP contribution >= 0.6 is 0 Å². The Morgan fingerprint density at radius 1 is 1.27 bits per heavy atom. The molecule has 0 saturated carbocycles. The maximum absolute atomic E-state index is 7.72. The summed E-state index contributed by atoms with van der Waals surface area (Å²) in [5.74, 6) is 0. The van der Waals surface area contributed by atoms with Gasteiger partial charge in [0.2, 0.25) is 0 Å². The average molecular weight is 159 g/mol. The van der Waals surface area contributed by atoms with Gasteiger partial charge >= 0.3 is 0 Å². The van der Waals surface area contributed by atoms with Gasteiger partial charge < -0.3 is 0 Å². The molecule has 0 aliphatic rings. The van der Waals surface area contributed by atoms with E-state index in [9.17, 15) is 0 Å². The highest BCUT2D eigenvalue weighted by Crippen LogP contribution is 2.21. The zero-order valence-electron chi connectivity index (χ0n) is 17.2. The summed E-state index contributed by atoms with van der Waals surface area (Å²) in [6.07, 6.45) is 0. The average Bonchev–Trinajstić information content (AvgIpc) is 2.19. The maximum atomic E-state index is 7.72. The number of hydrogen-bond donors (Lipinski definition) is 0. The van der Waals surface area contributed by atoms with Crippen molar-refractivity contribution >= 4 is 0 Å². The fourth-order valence-electron chi connectivity index (χ4n) is 0.672. The molecule has 0 aromatic heterocycles. The zero-order chi connectivity index (χ0) is 17.7. The summed E-state index contributed by atoms with van der Waals surface area (Å²) in [4.78, 5) is 0. The van der Waals surface area contributed by atoms with Crippen LogP contribution in [0.2, 0.25) is 0 Å². The van der Waals surface area contributed by atoms with Crippen LogP contribution in [-0.4, -0.2) is 0 Å². The summed E-state index contributed by atoms with van der Waals surface area (Å²) in [5, 5.41) is 0. The number of rotatable bonds is 0. The van der Waals surface area contributed by atoms with E-state index < -0.39 is 31.5 Å². The van der Waals surface area contributed by atoms with E-state index in [4.69, 9.17) is 15.1 Å². The molecule has 0 saturated heterocycles.